The molecule has 0 aliphatic heterocycles. The van der Waals surface area contributed by atoms with Crippen LogP contribution in [0, 0.1) is 5.41 Å². The summed E-state index contributed by atoms with van der Waals surface area (Å²) < 4.78 is 7.47. The maximum atomic E-state index is 7.79. The molecule has 0 amide bonds. The first-order chi connectivity index (χ1) is 9.29. The number of ether oxygens (including phenoxy) is 1. The summed E-state index contributed by atoms with van der Waals surface area (Å²) in [6, 6.07) is 15.0. The van der Waals surface area contributed by atoms with Crippen LogP contribution in [0.25, 0.3) is 0 Å². The molecule has 5 nitrogen and oxygen atoms in total. The van der Waals surface area contributed by atoms with Crippen molar-refractivity contribution in [2.75, 3.05) is 6.61 Å². The number of hydrazine groups is 1. The van der Waals surface area contributed by atoms with E-state index in [9.17, 15) is 0 Å². The Bertz CT molecular complexity index is 553. The van der Waals surface area contributed by atoms with Crippen molar-refractivity contribution in [2.45, 2.75) is 12.6 Å². The largest absolute Gasteiger partial charge is 0.492 e. The van der Waals surface area contributed by atoms with Crippen LogP contribution in [0.4, 0.5) is 0 Å². The molecule has 0 bridgehead atoms. The Balaban J connectivity index is 1.94. The minimum atomic E-state index is -0.0586. The van der Waals surface area contributed by atoms with Crippen molar-refractivity contribution in [3.8, 4) is 5.75 Å². The summed E-state index contributed by atoms with van der Waals surface area (Å²) in [5.74, 6) is 6.34. The second-order valence-electron chi connectivity index (χ2n) is 4.23. The van der Waals surface area contributed by atoms with Gasteiger partial charge in [-0.15, -0.1) is 0 Å². The molecule has 19 heavy (non-hydrogen) atoms. The van der Waals surface area contributed by atoms with Crippen molar-refractivity contribution in [2.24, 2.45) is 5.84 Å². The third kappa shape index (κ3) is 3.94. The van der Waals surface area contributed by atoms with Crippen molar-refractivity contribution in [3.05, 3.63) is 60.2 Å². The van der Waals surface area contributed by atoms with Crippen molar-refractivity contribution in [1.29, 1.82) is 5.41 Å². The van der Waals surface area contributed by atoms with Crippen molar-refractivity contribution >= 4 is 0 Å². The SMILES string of the molecule is N=c1ccccn1CC(COc1ccccc1)NN. The summed E-state index contributed by atoms with van der Waals surface area (Å²) in [7, 11) is 0. The number of pyridine rings is 1. The Hall–Kier alpha value is -2.11. The third-order valence-electron chi connectivity index (χ3n) is 2.79. The number of para-hydroxylation sites is 1. The minimum Gasteiger partial charge on any atom is -0.492 e. The van der Waals surface area contributed by atoms with E-state index < -0.39 is 0 Å². The van der Waals surface area contributed by atoms with E-state index in [0.29, 0.717) is 18.6 Å². The summed E-state index contributed by atoms with van der Waals surface area (Å²) in [5.41, 5.74) is 3.17. The molecule has 0 radical (unpaired) electrons. The van der Waals surface area contributed by atoms with Gasteiger partial charge < -0.3 is 9.30 Å². The Morgan fingerprint density at radius 2 is 1.89 bits per heavy atom. The molecule has 1 heterocycles. The van der Waals surface area contributed by atoms with Gasteiger partial charge in [0.1, 0.15) is 17.8 Å². The van der Waals surface area contributed by atoms with E-state index in [1.54, 1.807) is 6.07 Å². The maximum Gasteiger partial charge on any atom is 0.124 e. The molecular formula is C14H18N4O. The van der Waals surface area contributed by atoms with Crippen LogP contribution >= 0.6 is 0 Å². The smallest absolute Gasteiger partial charge is 0.124 e. The molecule has 2 aromatic rings. The summed E-state index contributed by atoms with van der Waals surface area (Å²) in [6.07, 6.45) is 1.86. The number of nitrogens with two attached hydrogens (primary N) is 1. The van der Waals surface area contributed by atoms with Gasteiger partial charge in [0.2, 0.25) is 0 Å². The zero-order valence-electron chi connectivity index (χ0n) is 10.6. The maximum absolute atomic E-state index is 7.79. The number of benzene rings is 1. The van der Waals surface area contributed by atoms with Gasteiger partial charge in [-0.3, -0.25) is 16.7 Å². The van der Waals surface area contributed by atoms with Gasteiger partial charge in [0.25, 0.3) is 0 Å². The molecule has 1 atom stereocenters. The first kappa shape index (κ1) is 13.3. The molecule has 1 unspecified atom stereocenters. The molecule has 0 aliphatic rings. The van der Waals surface area contributed by atoms with E-state index in [1.807, 2.05) is 53.2 Å². The fourth-order valence-corrected chi connectivity index (χ4v) is 1.74. The third-order valence-corrected chi connectivity index (χ3v) is 2.79. The Labute approximate surface area is 112 Å². The Kier molecular flexibility index (Phi) is 4.72. The van der Waals surface area contributed by atoms with Gasteiger partial charge in [0, 0.05) is 12.7 Å². The fraction of sp³-hybridized carbons (Fsp3) is 0.214. The lowest BCUT2D eigenvalue weighted by atomic mass is 10.3. The van der Waals surface area contributed by atoms with Crippen LogP contribution in [0.3, 0.4) is 0 Å². The predicted molar refractivity (Wildman–Crippen MR) is 73.3 cm³/mol. The van der Waals surface area contributed by atoms with Crippen LogP contribution in [-0.4, -0.2) is 17.2 Å². The number of hydrogen-bond acceptors (Lipinski definition) is 4. The topological polar surface area (TPSA) is 76.1 Å². The molecular weight excluding hydrogens is 240 g/mol. The predicted octanol–water partition coefficient (Wildman–Crippen LogP) is 0.878. The highest BCUT2D eigenvalue weighted by Gasteiger charge is 2.08. The molecule has 2 rings (SSSR count). The number of rotatable bonds is 6. The highest BCUT2D eigenvalue weighted by Crippen LogP contribution is 2.08. The average molecular weight is 258 g/mol. The summed E-state index contributed by atoms with van der Waals surface area (Å²) in [5, 5.41) is 7.79. The lowest BCUT2D eigenvalue weighted by Gasteiger charge is -2.18. The van der Waals surface area contributed by atoms with Crippen LogP contribution in [0.1, 0.15) is 0 Å². The molecule has 1 aromatic carbocycles. The number of hydrogen-bond donors (Lipinski definition) is 3. The second-order valence-corrected chi connectivity index (χ2v) is 4.23. The molecule has 100 valence electrons. The second kappa shape index (κ2) is 6.72. The highest BCUT2D eigenvalue weighted by molar-refractivity contribution is 5.20. The quantitative estimate of drug-likeness (QED) is 0.532. The Morgan fingerprint density at radius 1 is 1.16 bits per heavy atom. The van der Waals surface area contributed by atoms with Gasteiger partial charge in [-0.25, -0.2) is 0 Å². The van der Waals surface area contributed by atoms with E-state index in [-0.39, 0.29) is 6.04 Å². The van der Waals surface area contributed by atoms with Gasteiger partial charge in [-0.2, -0.15) is 0 Å². The summed E-state index contributed by atoms with van der Waals surface area (Å²) >= 11 is 0. The lowest BCUT2D eigenvalue weighted by Crippen LogP contribution is -2.44. The number of aromatic nitrogens is 1. The van der Waals surface area contributed by atoms with Crippen molar-refractivity contribution in [3.63, 3.8) is 0 Å². The number of nitrogens with one attached hydrogen (secondary N) is 2. The molecule has 0 fully saturated rings. The van der Waals surface area contributed by atoms with Crippen molar-refractivity contribution in [1.82, 2.24) is 9.99 Å². The van der Waals surface area contributed by atoms with E-state index in [0.717, 1.165) is 5.75 Å². The van der Waals surface area contributed by atoms with Crippen LogP contribution in [-0.2, 0) is 6.54 Å². The van der Waals surface area contributed by atoms with Crippen LogP contribution < -0.4 is 21.5 Å². The summed E-state index contributed by atoms with van der Waals surface area (Å²) in [4.78, 5) is 0. The first-order valence-corrected chi connectivity index (χ1v) is 6.13. The molecule has 0 saturated heterocycles. The molecule has 1 aromatic heterocycles. The van der Waals surface area contributed by atoms with Crippen LogP contribution in [0.15, 0.2) is 54.7 Å². The van der Waals surface area contributed by atoms with E-state index in [1.165, 1.54) is 0 Å². The zero-order chi connectivity index (χ0) is 13.5. The van der Waals surface area contributed by atoms with Gasteiger partial charge in [-0.05, 0) is 24.3 Å². The summed E-state index contributed by atoms with van der Waals surface area (Å²) in [6.45, 7) is 1.03. The zero-order valence-corrected chi connectivity index (χ0v) is 10.6. The van der Waals surface area contributed by atoms with E-state index in [2.05, 4.69) is 5.43 Å². The monoisotopic (exact) mass is 258 g/mol. The minimum absolute atomic E-state index is 0.0586. The lowest BCUT2D eigenvalue weighted by molar-refractivity contribution is 0.248. The first-order valence-electron chi connectivity index (χ1n) is 6.13. The van der Waals surface area contributed by atoms with Gasteiger partial charge >= 0.3 is 0 Å². The van der Waals surface area contributed by atoms with E-state index >= 15 is 0 Å². The van der Waals surface area contributed by atoms with Crippen LogP contribution in [0.2, 0.25) is 0 Å². The Morgan fingerprint density at radius 3 is 2.58 bits per heavy atom. The van der Waals surface area contributed by atoms with E-state index in [4.69, 9.17) is 16.0 Å². The molecule has 0 spiro atoms. The average Bonchev–Trinajstić information content (AvgIpc) is 2.46. The normalized spacial score (nSPS) is 12.1. The van der Waals surface area contributed by atoms with Gasteiger partial charge in [0.05, 0.1) is 6.04 Å². The van der Waals surface area contributed by atoms with Gasteiger partial charge in [-0.1, -0.05) is 24.3 Å². The van der Waals surface area contributed by atoms with Crippen molar-refractivity contribution < 1.29 is 4.74 Å². The molecule has 5 heteroatoms. The molecule has 0 aliphatic carbocycles. The molecule has 4 N–H and O–H groups in total. The number of nitrogens with zero attached hydrogens (tertiary/aromatic N) is 1. The van der Waals surface area contributed by atoms with Crippen LogP contribution in [0.5, 0.6) is 5.75 Å². The van der Waals surface area contributed by atoms with Gasteiger partial charge in [0.15, 0.2) is 0 Å². The molecule has 0 saturated carbocycles. The highest BCUT2D eigenvalue weighted by atomic mass is 16.5. The standard InChI is InChI=1S/C14H18N4O/c15-14-8-4-5-9-18(14)10-12(17-16)11-19-13-6-2-1-3-7-13/h1-9,12,15,17H,10-11,16H2. The fourth-order valence-electron chi connectivity index (χ4n) is 1.74.